The van der Waals surface area contributed by atoms with Gasteiger partial charge in [0.15, 0.2) is 0 Å². The molecule has 0 aliphatic carbocycles. The number of alkyl halides is 3. The first-order chi connectivity index (χ1) is 7.91. The smallest absolute Gasteiger partial charge is 0.481 e. The average molecular weight is 252 g/mol. The SMILES string of the molecule is COc1cc(OC(F)(F)F)c(CN)c(OC)n1. The van der Waals surface area contributed by atoms with Crippen LogP contribution in [0, 0.1) is 0 Å². The summed E-state index contributed by atoms with van der Waals surface area (Å²) in [5.41, 5.74) is 5.35. The van der Waals surface area contributed by atoms with Crippen LogP contribution < -0.4 is 19.9 Å². The summed E-state index contributed by atoms with van der Waals surface area (Å²) in [5, 5.41) is 0. The minimum Gasteiger partial charge on any atom is -0.481 e. The van der Waals surface area contributed by atoms with Gasteiger partial charge in [-0.3, -0.25) is 0 Å². The van der Waals surface area contributed by atoms with E-state index in [2.05, 4.69) is 9.72 Å². The normalized spacial score (nSPS) is 11.2. The predicted octanol–water partition coefficient (Wildman–Crippen LogP) is 1.46. The fourth-order valence-electron chi connectivity index (χ4n) is 1.18. The molecule has 0 amide bonds. The maximum Gasteiger partial charge on any atom is 0.573 e. The Labute approximate surface area is 95.3 Å². The van der Waals surface area contributed by atoms with Crippen molar-refractivity contribution in [3.8, 4) is 17.5 Å². The number of nitrogens with zero attached hydrogens (tertiary/aromatic N) is 1. The third-order valence-corrected chi connectivity index (χ3v) is 1.85. The monoisotopic (exact) mass is 252 g/mol. The van der Waals surface area contributed by atoms with Gasteiger partial charge in [-0.15, -0.1) is 13.2 Å². The number of nitrogens with two attached hydrogens (primary N) is 1. The molecule has 0 atom stereocenters. The molecular weight excluding hydrogens is 241 g/mol. The molecule has 0 aliphatic rings. The van der Waals surface area contributed by atoms with Crippen LogP contribution in [0.5, 0.6) is 17.5 Å². The summed E-state index contributed by atoms with van der Waals surface area (Å²) in [6.45, 7) is -0.203. The highest BCUT2D eigenvalue weighted by Crippen LogP contribution is 2.33. The van der Waals surface area contributed by atoms with Gasteiger partial charge >= 0.3 is 6.36 Å². The van der Waals surface area contributed by atoms with Crippen LogP contribution in [0.25, 0.3) is 0 Å². The lowest BCUT2D eigenvalue weighted by Gasteiger charge is -2.15. The number of halogens is 3. The van der Waals surface area contributed by atoms with Crippen LogP contribution >= 0.6 is 0 Å². The largest absolute Gasteiger partial charge is 0.573 e. The minimum atomic E-state index is -4.82. The number of hydrogen-bond acceptors (Lipinski definition) is 5. The average Bonchev–Trinajstić information content (AvgIpc) is 2.25. The van der Waals surface area contributed by atoms with E-state index in [0.29, 0.717) is 0 Å². The molecule has 0 aliphatic heterocycles. The lowest BCUT2D eigenvalue weighted by molar-refractivity contribution is -0.275. The summed E-state index contributed by atoms with van der Waals surface area (Å²) in [5.74, 6) is -0.604. The molecule has 1 rings (SSSR count). The Bertz CT molecular complexity index is 396. The summed E-state index contributed by atoms with van der Waals surface area (Å²) in [7, 11) is 2.53. The quantitative estimate of drug-likeness (QED) is 0.878. The zero-order chi connectivity index (χ0) is 13.1. The highest BCUT2D eigenvalue weighted by molar-refractivity contribution is 5.44. The molecule has 5 nitrogen and oxygen atoms in total. The molecule has 1 aromatic rings. The Kier molecular flexibility index (Phi) is 4.00. The maximum absolute atomic E-state index is 12.2. The van der Waals surface area contributed by atoms with E-state index < -0.39 is 12.1 Å². The molecule has 0 spiro atoms. The second-order valence-corrected chi connectivity index (χ2v) is 2.90. The summed E-state index contributed by atoms with van der Waals surface area (Å²) in [6.07, 6.45) is -4.82. The molecule has 0 saturated carbocycles. The van der Waals surface area contributed by atoms with E-state index in [4.69, 9.17) is 15.2 Å². The molecule has 0 bridgehead atoms. The Balaban J connectivity index is 3.24. The van der Waals surface area contributed by atoms with Gasteiger partial charge in [0.2, 0.25) is 11.8 Å². The Hall–Kier alpha value is -1.70. The summed E-state index contributed by atoms with van der Waals surface area (Å²) in [4.78, 5) is 3.80. The van der Waals surface area contributed by atoms with Crippen molar-refractivity contribution in [2.24, 2.45) is 5.73 Å². The minimum absolute atomic E-state index is 0.0191. The molecule has 96 valence electrons. The zero-order valence-corrected chi connectivity index (χ0v) is 9.17. The molecule has 2 N–H and O–H groups in total. The lowest BCUT2D eigenvalue weighted by Crippen LogP contribution is -2.19. The maximum atomic E-state index is 12.2. The lowest BCUT2D eigenvalue weighted by atomic mass is 10.2. The van der Waals surface area contributed by atoms with E-state index in [1.165, 1.54) is 14.2 Å². The topological polar surface area (TPSA) is 66.6 Å². The highest BCUT2D eigenvalue weighted by Gasteiger charge is 2.33. The fraction of sp³-hybridized carbons (Fsp3) is 0.444. The molecule has 1 heterocycles. The van der Waals surface area contributed by atoms with E-state index >= 15 is 0 Å². The number of ether oxygens (including phenoxy) is 3. The van der Waals surface area contributed by atoms with Gasteiger partial charge in [-0.1, -0.05) is 0 Å². The molecule has 1 aromatic heterocycles. The molecule has 17 heavy (non-hydrogen) atoms. The number of hydrogen-bond donors (Lipinski definition) is 1. The van der Waals surface area contributed by atoms with E-state index in [-0.39, 0.29) is 23.9 Å². The fourth-order valence-corrected chi connectivity index (χ4v) is 1.18. The van der Waals surface area contributed by atoms with Crippen LogP contribution in [0.4, 0.5) is 13.2 Å². The van der Waals surface area contributed by atoms with Crippen LogP contribution in [0.1, 0.15) is 5.56 Å². The summed E-state index contributed by atoms with van der Waals surface area (Å²) >= 11 is 0. The Morgan fingerprint density at radius 2 is 1.94 bits per heavy atom. The standard InChI is InChI=1S/C9H11F3N2O3/c1-15-7-3-6(17-9(10,11)12)5(4-13)8(14-7)16-2/h3H,4,13H2,1-2H3. The van der Waals surface area contributed by atoms with Gasteiger partial charge in [0.25, 0.3) is 0 Å². The van der Waals surface area contributed by atoms with Gasteiger partial charge in [-0.25, -0.2) is 0 Å². The zero-order valence-electron chi connectivity index (χ0n) is 9.17. The van der Waals surface area contributed by atoms with Crippen LogP contribution in [-0.2, 0) is 6.54 Å². The number of methoxy groups -OCH3 is 2. The van der Waals surface area contributed by atoms with Crippen LogP contribution in [0.3, 0.4) is 0 Å². The first kappa shape index (κ1) is 13.4. The number of rotatable bonds is 4. The van der Waals surface area contributed by atoms with Crippen LogP contribution in [0.15, 0.2) is 6.07 Å². The predicted molar refractivity (Wildman–Crippen MR) is 51.9 cm³/mol. The van der Waals surface area contributed by atoms with Crippen LogP contribution in [0.2, 0.25) is 0 Å². The third-order valence-electron chi connectivity index (χ3n) is 1.85. The molecule has 0 unspecified atom stereocenters. The van der Waals surface area contributed by atoms with Crippen molar-refractivity contribution in [2.45, 2.75) is 12.9 Å². The first-order valence-corrected chi connectivity index (χ1v) is 4.49. The van der Waals surface area contributed by atoms with Gasteiger partial charge in [0.1, 0.15) is 5.75 Å². The van der Waals surface area contributed by atoms with E-state index in [9.17, 15) is 13.2 Å². The van der Waals surface area contributed by atoms with Crippen molar-refractivity contribution in [3.63, 3.8) is 0 Å². The first-order valence-electron chi connectivity index (χ1n) is 4.49. The number of aromatic nitrogens is 1. The molecule has 0 aromatic carbocycles. The van der Waals surface area contributed by atoms with Gasteiger partial charge in [-0.2, -0.15) is 4.98 Å². The van der Waals surface area contributed by atoms with Gasteiger partial charge in [-0.05, 0) is 0 Å². The van der Waals surface area contributed by atoms with Crippen molar-refractivity contribution in [2.75, 3.05) is 14.2 Å². The van der Waals surface area contributed by atoms with Gasteiger partial charge in [0, 0.05) is 12.6 Å². The van der Waals surface area contributed by atoms with E-state index in [0.717, 1.165) is 6.07 Å². The van der Waals surface area contributed by atoms with Crippen LogP contribution in [-0.4, -0.2) is 25.6 Å². The van der Waals surface area contributed by atoms with Crippen molar-refractivity contribution >= 4 is 0 Å². The van der Waals surface area contributed by atoms with E-state index in [1.54, 1.807) is 0 Å². The van der Waals surface area contributed by atoms with Crippen molar-refractivity contribution in [1.82, 2.24) is 4.98 Å². The number of pyridine rings is 1. The second-order valence-electron chi connectivity index (χ2n) is 2.90. The van der Waals surface area contributed by atoms with Gasteiger partial charge in [0.05, 0.1) is 19.8 Å². The summed E-state index contributed by atoms with van der Waals surface area (Å²) in [6, 6.07) is 0.998. The Morgan fingerprint density at radius 1 is 1.29 bits per heavy atom. The molecule has 0 radical (unpaired) electrons. The van der Waals surface area contributed by atoms with Crippen molar-refractivity contribution in [1.29, 1.82) is 0 Å². The van der Waals surface area contributed by atoms with Crippen molar-refractivity contribution < 1.29 is 27.4 Å². The molecular formula is C9H11F3N2O3. The molecule has 8 heteroatoms. The molecule has 0 saturated heterocycles. The second kappa shape index (κ2) is 5.09. The van der Waals surface area contributed by atoms with E-state index in [1.807, 2.05) is 0 Å². The highest BCUT2D eigenvalue weighted by atomic mass is 19.4. The Morgan fingerprint density at radius 3 is 2.35 bits per heavy atom. The van der Waals surface area contributed by atoms with Crippen molar-refractivity contribution in [3.05, 3.63) is 11.6 Å². The summed E-state index contributed by atoms with van der Waals surface area (Å²) < 4.78 is 49.9. The molecule has 0 fully saturated rings. The third kappa shape index (κ3) is 3.38. The van der Waals surface area contributed by atoms with Gasteiger partial charge < -0.3 is 19.9 Å².